The van der Waals surface area contributed by atoms with Crippen LogP contribution in [0.3, 0.4) is 0 Å². The molecule has 0 unspecified atom stereocenters. The smallest absolute Gasteiger partial charge is 0.172 e. The van der Waals surface area contributed by atoms with Gasteiger partial charge in [0.05, 0.1) is 14.2 Å². The van der Waals surface area contributed by atoms with Gasteiger partial charge in [-0.15, -0.1) is 0 Å². The van der Waals surface area contributed by atoms with E-state index >= 15 is 0 Å². The number of ether oxygens (including phenoxy) is 2. The third kappa shape index (κ3) is 2.73. The predicted octanol–water partition coefficient (Wildman–Crippen LogP) is 2.24. The molecule has 1 aromatic rings. The van der Waals surface area contributed by atoms with Gasteiger partial charge in [-0.3, -0.25) is 0 Å². The van der Waals surface area contributed by atoms with Gasteiger partial charge in [0, 0.05) is 11.6 Å². The molecule has 0 aromatic heterocycles. The number of methoxy groups -OCH3 is 2. The minimum Gasteiger partial charge on any atom is -0.497 e. The van der Waals surface area contributed by atoms with Crippen molar-refractivity contribution in [3.63, 3.8) is 0 Å². The Balaban J connectivity index is 3.42. The predicted molar refractivity (Wildman–Crippen MR) is 58.1 cm³/mol. The summed E-state index contributed by atoms with van der Waals surface area (Å²) in [5.41, 5.74) is 0.0580. The lowest BCUT2D eigenvalue weighted by atomic mass is 10.1. The lowest BCUT2D eigenvalue weighted by Crippen LogP contribution is -1.95. The molecule has 0 spiro atoms. The molecule has 0 N–H and O–H groups in total. The van der Waals surface area contributed by atoms with Crippen LogP contribution < -0.4 is 4.74 Å². The molecule has 0 amide bonds. The van der Waals surface area contributed by atoms with E-state index in [9.17, 15) is 4.39 Å². The van der Waals surface area contributed by atoms with Crippen LogP contribution in [0.2, 0.25) is 0 Å². The van der Waals surface area contributed by atoms with E-state index in [0.717, 1.165) is 6.07 Å². The topological polar surface area (TPSA) is 66.0 Å². The molecule has 4 nitrogen and oxygen atoms in total. The minimum absolute atomic E-state index is 0.0211. The lowest BCUT2D eigenvalue weighted by Gasteiger charge is -2.08. The van der Waals surface area contributed by atoms with E-state index in [1.54, 1.807) is 12.1 Å². The van der Waals surface area contributed by atoms with Gasteiger partial charge in [0.1, 0.15) is 23.7 Å². The van der Waals surface area contributed by atoms with Gasteiger partial charge in [0.25, 0.3) is 0 Å². The largest absolute Gasteiger partial charge is 0.497 e. The number of hydrogen-bond donors (Lipinski definition) is 0. The fraction of sp³-hybridized carbons (Fsp3) is 0.167. The molecule has 0 radical (unpaired) electrons. The van der Waals surface area contributed by atoms with Crippen LogP contribution in [0, 0.1) is 28.5 Å². The standard InChI is InChI=1S/C12H9FN2O2/c1-16-11-4-8(3-10(13)5-11)12(17-2)9(6-14)7-15/h3-5H,1-2H3. The van der Waals surface area contributed by atoms with E-state index in [1.807, 2.05) is 0 Å². The van der Waals surface area contributed by atoms with Gasteiger partial charge in [-0.1, -0.05) is 0 Å². The van der Waals surface area contributed by atoms with Gasteiger partial charge >= 0.3 is 0 Å². The maximum atomic E-state index is 13.3. The Kier molecular flexibility index (Phi) is 4.08. The molecule has 0 saturated carbocycles. The van der Waals surface area contributed by atoms with E-state index < -0.39 is 5.82 Å². The van der Waals surface area contributed by atoms with E-state index in [0.29, 0.717) is 0 Å². The van der Waals surface area contributed by atoms with Gasteiger partial charge < -0.3 is 9.47 Å². The molecule has 0 bridgehead atoms. The zero-order chi connectivity index (χ0) is 12.8. The van der Waals surface area contributed by atoms with Crippen LogP contribution in [0.5, 0.6) is 5.75 Å². The molecule has 17 heavy (non-hydrogen) atoms. The second kappa shape index (κ2) is 5.53. The summed E-state index contributed by atoms with van der Waals surface area (Å²) in [5.74, 6) is -0.235. The number of allylic oxidation sites excluding steroid dienone is 1. The van der Waals surface area contributed by atoms with E-state index in [4.69, 9.17) is 20.0 Å². The first-order chi connectivity index (χ1) is 8.15. The average Bonchev–Trinajstić information content (AvgIpc) is 2.34. The summed E-state index contributed by atoms with van der Waals surface area (Å²) < 4.78 is 23.1. The summed E-state index contributed by atoms with van der Waals surface area (Å²) in [5, 5.41) is 17.5. The maximum Gasteiger partial charge on any atom is 0.172 e. The number of rotatable bonds is 3. The van der Waals surface area contributed by atoms with E-state index in [2.05, 4.69) is 0 Å². The monoisotopic (exact) mass is 232 g/mol. The highest BCUT2D eigenvalue weighted by atomic mass is 19.1. The SMILES string of the molecule is COC(=C(C#N)C#N)c1cc(F)cc(OC)c1. The summed E-state index contributed by atoms with van der Waals surface area (Å²) in [4.78, 5) is 0. The summed E-state index contributed by atoms with van der Waals surface area (Å²) >= 11 is 0. The number of nitrogens with zero attached hydrogens (tertiary/aromatic N) is 2. The number of halogens is 1. The van der Waals surface area contributed by atoms with E-state index in [1.165, 1.54) is 26.4 Å². The van der Waals surface area contributed by atoms with Crippen molar-refractivity contribution >= 4 is 5.76 Å². The highest BCUT2D eigenvalue weighted by Gasteiger charge is 2.12. The van der Waals surface area contributed by atoms with Crippen molar-refractivity contribution in [3.8, 4) is 17.9 Å². The lowest BCUT2D eigenvalue weighted by molar-refractivity contribution is 0.367. The first-order valence-electron chi connectivity index (χ1n) is 4.59. The molecule has 0 heterocycles. The average molecular weight is 232 g/mol. The van der Waals surface area contributed by atoms with Gasteiger partial charge in [-0.25, -0.2) is 4.39 Å². The Morgan fingerprint density at radius 2 is 1.82 bits per heavy atom. The molecule has 0 aliphatic carbocycles. The Hall–Kier alpha value is -2.53. The number of nitriles is 2. The molecule has 0 aliphatic heterocycles. The summed E-state index contributed by atoms with van der Waals surface area (Å²) in [7, 11) is 2.70. The molecule has 0 saturated heterocycles. The highest BCUT2D eigenvalue weighted by Crippen LogP contribution is 2.24. The molecule has 0 aliphatic rings. The molecule has 1 rings (SSSR count). The summed E-state index contributed by atoms with van der Waals surface area (Å²) in [6, 6.07) is 7.21. The zero-order valence-corrected chi connectivity index (χ0v) is 9.32. The molecule has 0 atom stereocenters. The van der Waals surface area contributed by atoms with Crippen molar-refractivity contribution in [1.82, 2.24) is 0 Å². The van der Waals surface area contributed by atoms with Gasteiger partial charge in [-0.2, -0.15) is 10.5 Å². The Bertz CT molecular complexity index is 522. The van der Waals surface area contributed by atoms with Gasteiger partial charge in [0.2, 0.25) is 0 Å². The van der Waals surface area contributed by atoms with Crippen molar-refractivity contribution < 1.29 is 13.9 Å². The van der Waals surface area contributed by atoms with Gasteiger partial charge in [0.15, 0.2) is 11.3 Å². The normalized spacial score (nSPS) is 8.76. The van der Waals surface area contributed by atoms with Gasteiger partial charge in [-0.05, 0) is 12.1 Å². The van der Waals surface area contributed by atoms with Crippen LogP contribution in [0.15, 0.2) is 23.8 Å². The molecule has 5 heteroatoms. The van der Waals surface area contributed by atoms with Crippen molar-refractivity contribution in [3.05, 3.63) is 35.2 Å². The summed E-state index contributed by atoms with van der Waals surface area (Å²) in [6.07, 6.45) is 0. The van der Waals surface area contributed by atoms with Crippen LogP contribution in [0.25, 0.3) is 5.76 Å². The van der Waals surface area contributed by atoms with Crippen LogP contribution >= 0.6 is 0 Å². The van der Waals surface area contributed by atoms with Crippen LogP contribution in [-0.4, -0.2) is 14.2 Å². The zero-order valence-electron chi connectivity index (χ0n) is 9.32. The fourth-order valence-corrected chi connectivity index (χ4v) is 1.30. The number of benzene rings is 1. The van der Waals surface area contributed by atoms with Crippen molar-refractivity contribution in [2.24, 2.45) is 0 Å². The third-order valence-electron chi connectivity index (χ3n) is 2.02. The fourth-order valence-electron chi connectivity index (χ4n) is 1.30. The quantitative estimate of drug-likeness (QED) is 0.592. The van der Waals surface area contributed by atoms with Crippen LogP contribution in [-0.2, 0) is 4.74 Å². The number of hydrogen-bond acceptors (Lipinski definition) is 4. The molecule has 0 fully saturated rings. The van der Waals surface area contributed by atoms with Crippen LogP contribution in [0.4, 0.5) is 4.39 Å². The Morgan fingerprint density at radius 3 is 2.29 bits per heavy atom. The first kappa shape index (κ1) is 12.5. The molecule has 1 aromatic carbocycles. The summed E-state index contributed by atoms with van der Waals surface area (Å²) in [6.45, 7) is 0. The van der Waals surface area contributed by atoms with E-state index in [-0.39, 0.29) is 22.6 Å². The van der Waals surface area contributed by atoms with Crippen molar-refractivity contribution in [2.75, 3.05) is 14.2 Å². The molecule has 86 valence electrons. The second-order valence-corrected chi connectivity index (χ2v) is 3.01. The minimum atomic E-state index is -0.538. The molecular weight excluding hydrogens is 223 g/mol. The Morgan fingerprint density at radius 1 is 1.18 bits per heavy atom. The highest BCUT2D eigenvalue weighted by molar-refractivity contribution is 5.71. The molecular formula is C12H9FN2O2. The first-order valence-corrected chi connectivity index (χ1v) is 4.59. The maximum absolute atomic E-state index is 13.3. The van der Waals surface area contributed by atoms with Crippen LogP contribution in [0.1, 0.15) is 5.56 Å². The van der Waals surface area contributed by atoms with Crippen molar-refractivity contribution in [2.45, 2.75) is 0 Å². The van der Waals surface area contributed by atoms with Crippen molar-refractivity contribution in [1.29, 1.82) is 10.5 Å². The third-order valence-corrected chi connectivity index (χ3v) is 2.02. The second-order valence-electron chi connectivity index (χ2n) is 3.01. The Labute approximate surface area is 98.1 Å².